The number of halogens is 2. The highest BCUT2D eigenvalue weighted by Crippen LogP contribution is 2.24. The Hall–Kier alpha value is -2.27. The number of carbonyl (C=O) groups is 1. The normalized spacial score (nSPS) is 11.3. The molecule has 0 aliphatic heterocycles. The van der Waals surface area contributed by atoms with Crippen molar-refractivity contribution in [1.29, 1.82) is 0 Å². The number of aliphatic hydroxyl groups excluding tert-OH is 1. The largest absolute Gasteiger partial charge is 0.396 e. The topological polar surface area (TPSA) is 49.3 Å². The van der Waals surface area contributed by atoms with Crippen molar-refractivity contribution in [3.8, 4) is 11.1 Å². The maximum atomic E-state index is 13.8. The molecule has 0 spiro atoms. The summed E-state index contributed by atoms with van der Waals surface area (Å²) in [6, 6.07) is 10.2. The average Bonchev–Trinajstić information content (AvgIpc) is 2.55. The van der Waals surface area contributed by atoms with Gasteiger partial charge in [-0.25, -0.2) is 8.78 Å². The molecule has 0 aliphatic rings. The van der Waals surface area contributed by atoms with E-state index in [2.05, 4.69) is 5.32 Å². The average molecular weight is 319 g/mol. The van der Waals surface area contributed by atoms with Crippen LogP contribution in [0.3, 0.4) is 0 Å². The van der Waals surface area contributed by atoms with Crippen LogP contribution in [0.4, 0.5) is 8.78 Å². The van der Waals surface area contributed by atoms with Crippen molar-refractivity contribution < 1.29 is 18.7 Å². The monoisotopic (exact) mass is 319 g/mol. The Morgan fingerprint density at radius 1 is 1.13 bits per heavy atom. The van der Waals surface area contributed by atoms with Gasteiger partial charge in [0.25, 0.3) is 5.91 Å². The Bertz CT molecular complexity index is 697. The summed E-state index contributed by atoms with van der Waals surface area (Å²) in [7, 11) is 0. The Morgan fingerprint density at radius 3 is 2.39 bits per heavy atom. The number of aliphatic hydroxyl groups is 1. The minimum Gasteiger partial charge on any atom is -0.396 e. The molecule has 0 saturated heterocycles. The summed E-state index contributed by atoms with van der Waals surface area (Å²) in [5.41, 5.74) is 0.659. The molecule has 0 fully saturated rings. The molecule has 23 heavy (non-hydrogen) atoms. The van der Waals surface area contributed by atoms with E-state index in [1.54, 1.807) is 24.3 Å². The van der Waals surface area contributed by atoms with Crippen molar-refractivity contribution in [3.05, 3.63) is 59.7 Å². The van der Waals surface area contributed by atoms with Crippen LogP contribution in [-0.2, 0) is 0 Å². The predicted octanol–water partition coefficient (Wildman–Crippen LogP) is 3.38. The molecule has 0 bridgehead atoms. The lowest BCUT2D eigenvalue weighted by molar-refractivity contribution is 0.0911. The Kier molecular flexibility index (Phi) is 5.11. The number of hydrogen-bond acceptors (Lipinski definition) is 2. The quantitative estimate of drug-likeness (QED) is 0.887. The minimum atomic E-state index is -0.908. The number of carbonyl (C=O) groups excluding carboxylic acids is 1. The Morgan fingerprint density at radius 2 is 1.78 bits per heavy atom. The lowest BCUT2D eigenvalue weighted by Crippen LogP contribution is -2.36. The summed E-state index contributed by atoms with van der Waals surface area (Å²) < 4.78 is 27.0. The van der Waals surface area contributed by atoms with Crippen molar-refractivity contribution in [2.75, 3.05) is 13.2 Å². The predicted molar refractivity (Wildman–Crippen MR) is 85.0 cm³/mol. The fourth-order valence-electron chi connectivity index (χ4n) is 2.01. The maximum absolute atomic E-state index is 13.8. The second-order valence-corrected chi connectivity index (χ2v) is 6.18. The van der Waals surface area contributed by atoms with E-state index in [1.165, 1.54) is 12.1 Å². The fraction of sp³-hybridized carbons (Fsp3) is 0.278. The van der Waals surface area contributed by atoms with Gasteiger partial charge in [-0.2, -0.15) is 0 Å². The van der Waals surface area contributed by atoms with Crippen molar-refractivity contribution >= 4 is 5.91 Å². The molecule has 5 heteroatoms. The summed E-state index contributed by atoms with van der Waals surface area (Å²) in [5.74, 6) is -2.09. The van der Waals surface area contributed by atoms with Gasteiger partial charge in [-0.05, 0) is 23.8 Å². The molecule has 0 saturated carbocycles. The Labute approximate surface area is 134 Å². The lowest BCUT2D eigenvalue weighted by Gasteiger charge is -2.21. The lowest BCUT2D eigenvalue weighted by atomic mass is 9.95. The highest BCUT2D eigenvalue weighted by atomic mass is 19.2. The zero-order valence-corrected chi connectivity index (χ0v) is 13.1. The second kappa shape index (κ2) is 6.87. The van der Waals surface area contributed by atoms with E-state index >= 15 is 0 Å². The first kappa shape index (κ1) is 17.1. The van der Waals surface area contributed by atoms with Crippen molar-refractivity contribution in [1.82, 2.24) is 5.32 Å². The highest BCUT2D eigenvalue weighted by Gasteiger charge is 2.18. The first-order valence-electron chi connectivity index (χ1n) is 7.27. The van der Waals surface area contributed by atoms with E-state index in [1.807, 2.05) is 13.8 Å². The van der Waals surface area contributed by atoms with E-state index in [4.69, 9.17) is 0 Å². The fourth-order valence-corrected chi connectivity index (χ4v) is 2.01. The van der Waals surface area contributed by atoms with E-state index in [-0.39, 0.29) is 18.1 Å². The van der Waals surface area contributed by atoms with Crippen LogP contribution in [0, 0.1) is 17.0 Å². The number of benzene rings is 2. The van der Waals surface area contributed by atoms with E-state index in [0.29, 0.717) is 17.7 Å². The van der Waals surface area contributed by atoms with E-state index in [9.17, 15) is 18.7 Å². The SMILES string of the molecule is CC(C)(CO)CNC(=O)c1ccc(-c2cccc(F)c2F)cc1. The van der Waals surface area contributed by atoms with Gasteiger partial charge in [0, 0.05) is 29.7 Å². The van der Waals surface area contributed by atoms with Crippen molar-refractivity contribution in [2.24, 2.45) is 5.41 Å². The van der Waals surface area contributed by atoms with Gasteiger partial charge in [-0.3, -0.25) is 4.79 Å². The molecule has 2 N–H and O–H groups in total. The first-order chi connectivity index (χ1) is 10.8. The third-order valence-electron chi connectivity index (χ3n) is 3.57. The van der Waals surface area contributed by atoms with Crippen molar-refractivity contribution in [2.45, 2.75) is 13.8 Å². The van der Waals surface area contributed by atoms with Gasteiger partial charge in [0.1, 0.15) is 0 Å². The standard InChI is InChI=1S/C18H19F2NO2/c1-18(2,11-22)10-21-17(23)13-8-6-12(7-9-13)14-4-3-5-15(19)16(14)20/h3-9,22H,10-11H2,1-2H3,(H,21,23). The molecular weight excluding hydrogens is 300 g/mol. The molecule has 0 aliphatic carbocycles. The highest BCUT2D eigenvalue weighted by molar-refractivity contribution is 5.94. The summed E-state index contributed by atoms with van der Waals surface area (Å²) in [5, 5.41) is 11.9. The van der Waals surface area contributed by atoms with E-state index < -0.39 is 17.0 Å². The van der Waals surface area contributed by atoms with Gasteiger partial charge < -0.3 is 10.4 Å². The summed E-state index contributed by atoms with van der Waals surface area (Å²) >= 11 is 0. The van der Waals surface area contributed by atoms with Crippen LogP contribution in [0.2, 0.25) is 0 Å². The molecule has 3 nitrogen and oxygen atoms in total. The molecule has 122 valence electrons. The number of nitrogens with one attached hydrogen (secondary N) is 1. The third-order valence-corrected chi connectivity index (χ3v) is 3.57. The van der Waals surface area contributed by atoms with Gasteiger partial charge in [0.15, 0.2) is 11.6 Å². The van der Waals surface area contributed by atoms with Gasteiger partial charge >= 0.3 is 0 Å². The zero-order chi connectivity index (χ0) is 17.0. The van der Waals surface area contributed by atoms with Crippen LogP contribution in [-0.4, -0.2) is 24.2 Å². The van der Waals surface area contributed by atoms with Crippen LogP contribution in [0.25, 0.3) is 11.1 Å². The van der Waals surface area contributed by atoms with Gasteiger partial charge in [-0.1, -0.05) is 38.1 Å². The number of hydrogen-bond donors (Lipinski definition) is 2. The molecule has 0 aromatic heterocycles. The number of amides is 1. The minimum absolute atomic E-state index is 0.0366. The summed E-state index contributed by atoms with van der Waals surface area (Å²) in [6.07, 6.45) is 0. The first-order valence-corrected chi connectivity index (χ1v) is 7.27. The summed E-state index contributed by atoms with van der Waals surface area (Å²) in [6.45, 7) is 3.97. The van der Waals surface area contributed by atoms with Gasteiger partial charge in [-0.15, -0.1) is 0 Å². The van der Waals surface area contributed by atoms with E-state index in [0.717, 1.165) is 6.07 Å². The van der Waals surface area contributed by atoms with Crippen LogP contribution >= 0.6 is 0 Å². The molecule has 2 aromatic rings. The third kappa shape index (κ3) is 4.13. The smallest absolute Gasteiger partial charge is 0.251 e. The van der Waals surface area contributed by atoms with Crippen molar-refractivity contribution in [3.63, 3.8) is 0 Å². The molecule has 0 atom stereocenters. The van der Waals surface area contributed by atoms with Crippen LogP contribution in [0.1, 0.15) is 24.2 Å². The van der Waals surface area contributed by atoms with Crippen LogP contribution < -0.4 is 5.32 Å². The van der Waals surface area contributed by atoms with Gasteiger partial charge in [0.05, 0.1) is 0 Å². The van der Waals surface area contributed by atoms with Gasteiger partial charge in [0.2, 0.25) is 0 Å². The van der Waals surface area contributed by atoms with Crippen LogP contribution in [0.5, 0.6) is 0 Å². The van der Waals surface area contributed by atoms with Crippen LogP contribution in [0.15, 0.2) is 42.5 Å². The number of rotatable bonds is 5. The molecule has 0 unspecified atom stereocenters. The molecule has 1 amide bonds. The molecule has 2 rings (SSSR count). The maximum Gasteiger partial charge on any atom is 0.251 e. The molecule has 0 heterocycles. The zero-order valence-electron chi connectivity index (χ0n) is 13.1. The summed E-state index contributed by atoms with van der Waals surface area (Å²) in [4.78, 5) is 12.0. The molecular formula is C18H19F2NO2. The second-order valence-electron chi connectivity index (χ2n) is 6.18. The Balaban J connectivity index is 2.13. The molecule has 0 radical (unpaired) electrons. The molecule has 2 aromatic carbocycles.